The quantitative estimate of drug-likeness (QED) is 0.294. The normalized spacial score (nSPS) is 19.8. The SMILES string of the molecule is N[C@@](O)([C@H](O)CO)C(F)(F)C=O. The van der Waals surface area contributed by atoms with E-state index >= 15 is 0 Å². The first-order valence-corrected chi connectivity index (χ1v) is 2.94. The fourth-order valence-corrected chi connectivity index (χ4v) is 0.456. The molecule has 72 valence electrons. The van der Waals surface area contributed by atoms with Crippen LogP contribution in [-0.4, -0.2) is 46.0 Å². The zero-order chi connectivity index (χ0) is 9.99. The van der Waals surface area contributed by atoms with E-state index in [1.165, 1.54) is 0 Å². The molecule has 5 nitrogen and oxygen atoms in total. The molecular formula is C5H9F2NO4. The monoisotopic (exact) mass is 185 g/mol. The second-order valence-electron chi connectivity index (χ2n) is 2.26. The molecule has 0 saturated heterocycles. The Balaban J connectivity index is 4.70. The van der Waals surface area contributed by atoms with Crippen LogP contribution in [0.5, 0.6) is 0 Å². The second-order valence-corrected chi connectivity index (χ2v) is 2.26. The van der Waals surface area contributed by atoms with Crippen LogP contribution in [0.15, 0.2) is 0 Å². The third-order valence-electron chi connectivity index (χ3n) is 1.36. The summed E-state index contributed by atoms with van der Waals surface area (Å²) in [7, 11) is 0. The van der Waals surface area contributed by atoms with E-state index in [-0.39, 0.29) is 0 Å². The van der Waals surface area contributed by atoms with E-state index < -0.39 is 30.6 Å². The molecule has 0 aliphatic heterocycles. The Bertz CT molecular complexity index is 173. The number of hydrogen-bond acceptors (Lipinski definition) is 5. The van der Waals surface area contributed by atoms with Crippen LogP contribution in [0.25, 0.3) is 0 Å². The van der Waals surface area contributed by atoms with Gasteiger partial charge in [-0.1, -0.05) is 0 Å². The number of aliphatic hydroxyl groups excluding tert-OH is 2. The molecule has 0 fully saturated rings. The fraction of sp³-hybridized carbons (Fsp3) is 0.800. The lowest BCUT2D eigenvalue weighted by atomic mass is 10.0. The van der Waals surface area contributed by atoms with Crippen molar-refractivity contribution in [3.63, 3.8) is 0 Å². The Morgan fingerprint density at radius 1 is 1.58 bits per heavy atom. The van der Waals surface area contributed by atoms with Gasteiger partial charge in [-0.05, 0) is 0 Å². The number of carbonyl (C=O) groups is 1. The van der Waals surface area contributed by atoms with Crippen LogP contribution in [0.1, 0.15) is 0 Å². The summed E-state index contributed by atoms with van der Waals surface area (Å²) >= 11 is 0. The molecule has 0 bridgehead atoms. The van der Waals surface area contributed by atoms with Gasteiger partial charge in [-0.3, -0.25) is 10.5 Å². The van der Waals surface area contributed by atoms with Gasteiger partial charge in [0.25, 0.3) is 0 Å². The third kappa shape index (κ3) is 1.75. The lowest BCUT2D eigenvalue weighted by Gasteiger charge is -2.31. The van der Waals surface area contributed by atoms with E-state index in [2.05, 4.69) is 5.73 Å². The number of halogens is 2. The molecule has 7 heteroatoms. The van der Waals surface area contributed by atoms with Gasteiger partial charge in [-0.25, -0.2) is 0 Å². The molecule has 0 spiro atoms. The van der Waals surface area contributed by atoms with Crippen molar-refractivity contribution in [1.82, 2.24) is 0 Å². The van der Waals surface area contributed by atoms with Gasteiger partial charge in [0.2, 0.25) is 5.72 Å². The minimum absolute atomic E-state index is 0.897. The smallest absolute Gasteiger partial charge is 0.346 e. The van der Waals surface area contributed by atoms with E-state index in [1.54, 1.807) is 0 Å². The van der Waals surface area contributed by atoms with Crippen LogP contribution in [0, 0.1) is 0 Å². The van der Waals surface area contributed by atoms with Crippen molar-refractivity contribution in [3.8, 4) is 0 Å². The van der Waals surface area contributed by atoms with Crippen molar-refractivity contribution >= 4 is 6.29 Å². The number of alkyl halides is 2. The van der Waals surface area contributed by atoms with E-state index in [1.807, 2.05) is 0 Å². The number of carbonyl (C=O) groups excluding carboxylic acids is 1. The summed E-state index contributed by atoms with van der Waals surface area (Å²) in [6, 6.07) is 0. The van der Waals surface area contributed by atoms with Crippen molar-refractivity contribution in [2.45, 2.75) is 17.8 Å². The Hall–Kier alpha value is -0.630. The minimum atomic E-state index is -4.30. The summed E-state index contributed by atoms with van der Waals surface area (Å²) in [5.41, 5.74) is 1.08. The second kappa shape index (κ2) is 3.40. The van der Waals surface area contributed by atoms with Crippen LogP contribution in [-0.2, 0) is 4.79 Å². The number of aliphatic hydroxyl groups is 3. The summed E-state index contributed by atoms with van der Waals surface area (Å²) in [6.45, 7) is -1.17. The van der Waals surface area contributed by atoms with Crippen LogP contribution in [0.2, 0.25) is 0 Å². The van der Waals surface area contributed by atoms with Gasteiger partial charge in [-0.2, -0.15) is 8.78 Å². The maximum absolute atomic E-state index is 12.4. The Morgan fingerprint density at radius 3 is 2.25 bits per heavy atom. The van der Waals surface area contributed by atoms with Crippen molar-refractivity contribution in [2.75, 3.05) is 6.61 Å². The molecule has 0 aliphatic carbocycles. The van der Waals surface area contributed by atoms with Crippen molar-refractivity contribution in [2.24, 2.45) is 5.73 Å². The van der Waals surface area contributed by atoms with Gasteiger partial charge < -0.3 is 15.3 Å². The highest BCUT2D eigenvalue weighted by atomic mass is 19.3. The molecule has 0 aromatic heterocycles. The van der Waals surface area contributed by atoms with Crippen LogP contribution in [0.4, 0.5) is 8.78 Å². The maximum Gasteiger partial charge on any atom is 0.346 e. The van der Waals surface area contributed by atoms with Crippen LogP contribution < -0.4 is 5.73 Å². The highest BCUT2D eigenvalue weighted by Gasteiger charge is 2.54. The van der Waals surface area contributed by atoms with Crippen molar-refractivity contribution in [3.05, 3.63) is 0 Å². The number of aldehydes is 1. The first-order chi connectivity index (χ1) is 5.29. The molecule has 5 N–H and O–H groups in total. The van der Waals surface area contributed by atoms with Gasteiger partial charge in [0.15, 0.2) is 6.29 Å². The lowest BCUT2D eigenvalue weighted by molar-refractivity contribution is -0.216. The summed E-state index contributed by atoms with van der Waals surface area (Å²) in [5.74, 6) is -4.30. The summed E-state index contributed by atoms with van der Waals surface area (Å²) in [6.07, 6.45) is -3.18. The van der Waals surface area contributed by atoms with Gasteiger partial charge >= 0.3 is 5.92 Å². The Kier molecular flexibility index (Phi) is 3.22. The average Bonchev–Trinajstić information content (AvgIpc) is 2.02. The van der Waals surface area contributed by atoms with E-state index in [9.17, 15) is 13.6 Å². The average molecular weight is 185 g/mol. The summed E-state index contributed by atoms with van der Waals surface area (Å²) in [4.78, 5) is 9.71. The van der Waals surface area contributed by atoms with E-state index in [0.29, 0.717) is 0 Å². The first-order valence-electron chi connectivity index (χ1n) is 2.94. The molecule has 0 aromatic carbocycles. The minimum Gasteiger partial charge on any atom is -0.394 e. The van der Waals surface area contributed by atoms with E-state index in [0.717, 1.165) is 0 Å². The van der Waals surface area contributed by atoms with Crippen molar-refractivity contribution < 1.29 is 28.9 Å². The van der Waals surface area contributed by atoms with Crippen LogP contribution in [0.3, 0.4) is 0 Å². The lowest BCUT2D eigenvalue weighted by Crippen LogP contribution is -2.65. The maximum atomic E-state index is 12.4. The molecule has 0 aromatic rings. The number of nitrogens with two attached hydrogens (primary N) is 1. The highest BCUT2D eigenvalue weighted by molar-refractivity contribution is 5.62. The molecule has 0 unspecified atom stereocenters. The number of hydrogen-bond donors (Lipinski definition) is 4. The standard InChI is InChI=1S/C5H9F2NO4/c6-4(7,2-10)5(8,12)3(11)1-9/h2-3,9,11-12H,1,8H2/t3-,5-/m1/s1. The molecular weight excluding hydrogens is 176 g/mol. The number of rotatable bonds is 4. The topological polar surface area (TPSA) is 104 Å². The van der Waals surface area contributed by atoms with Gasteiger partial charge in [-0.15, -0.1) is 0 Å². The summed E-state index contributed by atoms with van der Waals surface area (Å²) < 4.78 is 24.7. The largest absolute Gasteiger partial charge is 0.394 e. The van der Waals surface area contributed by atoms with Gasteiger partial charge in [0.05, 0.1) is 6.61 Å². The van der Waals surface area contributed by atoms with Crippen LogP contribution >= 0.6 is 0 Å². The van der Waals surface area contributed by atoms with E-state index in [4.69, 9.17) is 15.3 Å². The molecule has 0 amide bonds. The molecule has 0 heterocycles. The molecule has 0 aliphatic rings. The predicted molar refractivity (Wildman–Crippen MR) is 33.2 cm³/mol. The van der Waals surface area contributed by atoms with Crippen molar-refractivity contribution in [1.29, 1.82) is 0 Å². The predicted octanol–water partition coefficient (Wildman–Crippen LogP) is -2.18. The van der Waals surface area contributed by atoms with Gasteiger partial charge in [0.1, 0.15) is 6.10 Å². The highest BCUT2D eigenvalue weighted by Crippen LogP contribution is 2.24. The van der Waals surface area contributed by atoms with Gasteiger partial charge in [0, 0.05) is 0 Å². The molecule has 12 heavy (non-hydrogen) atoms. The zero-order valence-corrected chi connectivity index (χ0v) is 5.94. The molecule has 0 rings (SSSR count). The third-order valence-corrected chi connectivity index (χ3v) is 1.36. The molecule has 2 atom stereocenters. The molecule has 0 saturated carbocycles. The zero-order valence-electron chi connectivity index (χ0n) is 5.94. The fourth-order valence-electron chi connectivity index (χ4n) is 0.456. The summed E-state index contributed by atoms with van der Waals surface area (Å²) in [5, 5.41) is 25.5. The Morgan fingerprint density at radius 2 is 2.00 bits per heavy atom. The first kappa shape index (κ1) is 11.4. The Labute approximate surface area is 66.4 Å². The molecule has 0 radical (unpaired) electrons.